The number of nitrogens with one attached hydrogen (secondary N) is 1. The highest BCUT2D eigenvalue weighted by atomic mass is 32.2. The highest BCUT2D eigenvalue weighted by Crippen LogP contribution is 2.12. The second kappa shape index (κ2) is 6.53. The molecule has 0 radical (unpaired) electrons. The van der Waals surface area contributed by atoms with Crippen molar-refractivity contribution in [2.24, 2.45) is 0 Å². The largest absolute Gasteiger partial charge is 0.481 e. The second-order valence-electron chi connectivity index (χ2n) is 3.13. The molecular formula is C10H16N2O2S. The van der Waals surface area contributed by atoms with Crippen LogP contribution in [-0.2, 0) is 17.3 Å². The van der Waals surface area contributed by atoms with Crippen molar-refractivity contribution in [3.8, 4) is 5.88 Å². The summed E-state index contributed by atoms with van der Waals surface area (Å²) in [6.45, 7) is 1.43. The Hall–Kier alpha value is -0.940. The molecule has 1 unspecified atom stereocenters. The maximum atomic E-state index is 10.8. The lowest BCUT2D eigenvalue weighted by Crippen LogP contribution is -2.20. The summed E-state index contributed by atoms with van der Waals surface area (Å²) in [4.78, 5) is 4.09. The van der Waals surface area contributed by atoms with Gasteiger partial charge in [-0.1, -0.05) is 6.07 Å². The van der Waals surface area contributed by atoms with E-state index in [9.17, 15) is 4.21 Å². The molecule has 5 heteroatoms. The third kappa shape index (κ3) is 4.40. The van der Waals surface area contributed by atoms with E-state index in [0.717, 1.165) is 12.1 Å². The van der Waals surface area contributed by atoms with Gasteiger partial charge in [-0.3, -0.25) is 4.21 Å². The number of methoxy groups -OCH3 is 1. The van der Waals surface area contributed by atoms with Crippen molar-refractivity contribution < 1.29 is 8.95 Å². The Morgan fingerprint density at radius 2 is 2.40 bits per heavy atom. The molecule has 0 saturated heterocycles. The minimum Gasteiger partial charge on any atom is -0.481 e. The summed E-state index contributed by atoms with van der Waals surface area (Å²) >= 11 is 0. The molecule has 4 nitrogen and oxygen atoms in total. The van der Waals surface area contributed by atoms with Gasteiger partial charge in [-0.05, 0) is 6.07 Å². The Bertz CT molecular complexity index is 331. The van der Waals surface area contributed by atoms with Crippen molar-refractivity contribution in [2.45, 2.75) is 6.54 Å². The molecule has 1 heterocycles. The quantitative estimate of drug-likeness (QED) is 0.723. The van der Waals surface area contributed by atoms with E-state index in [1.807, 2.05) is 12.1 Å². The summed E-state index contributed by atoms with van der Waals surface area (Å²) in [6.07, 6.45) is 3.40. The van der Waals surface area contributed by atoms with E-state index < -0.39 is 10.8 Å². The third-order valence-electron chi connectivity index (χ3n) is 1.93. The van der Waals surface area contributed by atoms with Gasteiger partial charge in [0, 0.05) is 47.7 Å². The fourth-order valence-corrected chi connectivity index (χ4v) is 1.61. The third-order valence-corrected chi connectivity index (χ3v) is 2.70. The summed E-state index contributed by atoms with van der Waals surface area (Å²) in [5.74, 6) is 1.31. The standard InChI is InChI=1S/C10H16N2O2S/c1-14-10-9(4-3-5-12-10)8-11-6-7-15(2)13/h3-5,11H,6-8H2,1-2H3. The van der Waals surface area contributed by atoms with Gasteiger partial charge in [0.1, 0.15) is 0 Å². The van der Waals surface area contributed by atoms with Crippen molar-refractivity contribution in [2.75, 3.05) is 25.7 Å². The molecule has 1 rings (SSSR count). The summed E-state index contributed by atoms with van der Waals surface area (Å²) in [5, 5.41) is 3.19. The molecule has 1 N–H and O–H groups in total. The number of nitrogens with zero attached hydrogens (tertiary/aromatic N) is 1. The molecule has 84 valence electrons. The predicted octanol–water partition coefficient (Wildman–Crippen LogP) is 0.558. The molecule has 1 aromatic heterocycles. The molecule has 0 aromatic carbocycles. The first kappa shape index (κ1) is 12.1. The van der Waals surface area contributed by atoms with Crippen LogP contribution < -0.4 is 10.1 Å². The van der Waals surface area contributed by atoms with Gasteiger partial charge in [-0.2, -0.15) is 0 Å². The predicted molar refractivity (Wildman–Crippen MR) is 61.4 cm³/mol. The van der Waals surface area contributed by atoms with Gasteiger partial charge in [0.25, 0.3) is 0 Å². The summed E-state index contributed by atoms with van der Waals surface area (Å²) < 4.78 is 15.9. The zero-order valence-electron chi connectivity index (χ0n) is 9.03. The molecular weight excluding hydrogens is 212 g/mol. The lowest BCUT2D eigenvalue weighted by atomic mass is 10.2. The molecule has 15 heavy (non-hydrogen) atoms. The SMILES string of the molecule is COc1ncccc1CNCCS(C)=O. The molecule has 0 fully saturated rings. The maximum Gasteiger partial charge on any atom is 0.217 e. The fraction of sp³-hybridized carbons (Fsp3) is 0.500. The van der Waals surface area contributed by atoms with Crippen molar-refractivity contribution >= 4 is 10.8 Å². The monoisotopic (exact) mass is 228 g/mol. The minimum absolute atomic E-state index is 0.641. The molecule has 1 aromatic rings. The number of rotatable bonds is 6. The van der Waals surface area contributed by atoms with Crippen LogP contribution in [0.25, 0.3) is 0 Å². The van der Waals surface area contributed by atoms with Crippen LogP contribution in [0.15, 0.2) is 18.3 Å². The number of ether oxygens (including phenoxy) is 1. The van der Waals surface area contributed by atoms with Crippen LogP contribution >= 0.6 is 0 Å². The zero-order valence-corrected chi connectivity index (χ0v) is 9.84. The van der Waals surface area contributed by atoms with Crippen LogP contribution in [0.2, 0.25) is 0 Å². The molecule has 0 spiro atoms. The first-order valence-electron chi connectivity index (χ1n) is 4.72. The molecule has 1 atom stereocenters. The lowest BCUT2D eigenvalue weighted by molar-refractivity contribution is 0.391. The first-order valence-corrected chi connectivity index (χ1v) is 6.45. The number of aromatic nitrogens is 1. The van der Waals surface area contributed by atoms with Crippen LogP contribution in [0.5, 0.6) is 5.88 Å². The number of hydrogen-bond donors (Lipinski definition) is 1. The van der Waals surface area contributed by atoms with E-state index in [0.29, 0.717) is 18.2 Å². The van der Waals surface area contributed by atoms with Crippen molar-refractivity contribution in [3.63, 3.8) is 0 Å². The Labute approximate surface area is 92.5 Å². The fourth-order valence-electron chi connectivity index (χ4n) is 1.18. The second-order valence-corrected chi connectivity index (χ2v) is 4.68. The van der Waals surface area contributed by atoms with E-state index in [-0.39, 0.29) is 0 Å². The summed E-state index contributed by atoms with van der Waals surface area (Å²) in [6, 6.07) is 3.83. The highest BCUT2D eigenvalue weighted by molar-refractivity contribution is 7.84. The van der Waals surface area contributed by atoms with Gasteiger partial charge >= 0.3 is 0 Å². The normalized spacial score (nSPS) is 12.4. The first-order chi connectivity index (χ1) is 7.24. The van der Waals surface area contributed by atoms with Crippen molar-refractivity contribution in [1.82, 2.24) is 10.3 Å². The topological polar surface area (TPSA) is 51.2 Å². The Morgan fingerprint density at radius 1 is 1.60 bits per heavy atom. The zero-order chi connectivity index (χ0) is 11.1. The Kier molecular flexibility index (Phi) is 5.28. The average Bonchev–Trinajstić information content (AvgIpc) is 2.24. The van der Waals surface area contributed by atoms with E-state index in [1.165, 1.54) is 0 Å². The maximum absolute atomic E-state index is 10.8. The van der Waals surface area contributed by atoms with Gasteiger partial charge in [0.15, 0.2) is 0 Å². The number of hydrogen-bond acceptors (Lipinski definition) is 4. The van der Waals surface area contributed by atoms with Crippen LogP contribution in [0.1, 0.15) is 5.56 Å². The summed E-state index contributed by atoms with van der Waals surface area (Å²) in [5.41, 5.74) is 1.02. The molecule has 0 aliphatic rings. The van der Waals surface area contributed by atoms with E-state index in [1.54, 1.807) is 19.6 Å². The van der Waals surface area contributed by atoms with Crippen molar-refractivity contribution in [1.29, 1.82) is 0 Å². The van der Waals surface area contributed by atoms with E-state index >= 15 is 0 Å². The van der Waals surface area contributed by atoms with Gasteiger partial charge in [-0.25, -0.2) is 4.98 Å². The number of pyridine rings is 1. The van der Waals surface area contributed by atoms with Crippen LogP contribution in [0.3, 0.4) is 0 Å². The molecule has 0 aliphatic heterocycles. The average molecular weight is 228 g/mol. The van der Waals surface area contributed by atoms with Crippen molar-refractivity contribution in [3.05, 3.63) is 23.9 Å². The van der Waals surface area contributed by atoms with Gasteiger partial charge in [-0.15, -0.1) is 0 Å². The van der Waals surface area contributed by atoms with Crippen LogP contribution in [0, 0.1) is 0 Å². The van der Waals surface area contributed by atoms with E-state index in [4.69, 9.17) is 4.74 Å². The van der Waals surface area contributed by atoms with Crippen LogP contribution in [0.4, 0.5) is 0 Å². The summed E-state index contributed by atoms with van der Waals surface area (Å²) in [7, 11) is 0.864. The van der Waals surface area contributed by atoms with Gasteiger partial charge in [0.05, 0.1) is 7.11 Å². The minimum atomic E-state index is -0.740. The molecule has 0 bridgehead atoms. The molecule has 0 amide bonds. The molecule has 0 saturated carbocycles. The molecule has 0 aliphatic carbocycles. The Morgan fingerprint density at radius 3 is 3.07 bits per heavy atom. The van der Waals surface area contributed by atoms with Crippen LogP contribution in [-0.4, -0.2) is 34.9 Å². The smallest absolute Gasteiger partial charge is 0.217 e. The lowest BCUT2D eigenvalue weighted by Gasteiger charge is -2.07. The van der Waals surface area contributed by atoms with Gasteiger partial charge < -0.3 is 10.1 Å². The van der Waals surface area contributed by atoms with Gasteiger partial charge in [0.2, 0.25) is 5.88 Å². The Balaban J connectivity index is 2.39. The van der Waals surface area contributed by atoms with E-state index in [2.05, 4.69) is 10.3 Å². The highest BCUT2D eigenvalue weighted by Gasteiger charge is 2.01.